The molecule has 3 rings (SSSR count). The fourth-order valence-electron chi connectivity index (χ4n) is 3.49. The number of hydrogen-bond acceptors (Lipinski definition) is 7. The van der Waals surface area contributed by atoms with Crippen LogP contribution < -0.4 is 4.90 Å². The highest BCUT2D eigenvalue weighted by Gasteiger charge is 2.36. The number of urea groups is 1. The van der Waals surface area contributed by atoms with Gasteiger partial charge in [-0.15, -0.1) is 4.90 Å². The van der Waals surface area contributed by atoms with Crippen molar-refractivity contribution in [2.75, 3.05) is 18.1 Å². The van der Waals surface area contributed by atoms with E-state index in [1.807, 2.05) is 36.4 Å². The Kier molecular flexibility index (Phi) is 10.2. The lowest BCUT2D eigenvalue weighted by atomic mass is 10.1. The monoisotopic (exact) mass is 515 g/mol. The lowest BCUT2D eigenvalue weighted by Gasteiger charge is -2.28. The topological polar surface area (TPSA) is 109 Å². The van der Waals surface area contributed by atoms with Crippen molar-refractivity contribution in [3.63, 3.8) is 0 Å². The van der Waals surface area contributed by atoms with Crippen LogP contribution in [0.25, 0.3) is 0 Å². The van der Waals surface area contributed by atoms with Gasteiger partial charge in [0.15, 0.2) is 0 Å². The summed E-state index contributed by atoms with van der Waals surface area (Å²) in [5.74, 6) is 0. The summed E-state index contributed by atoms with van der Waals surface area (Å²) in [6.07, 6.45) is -0.581. The van der Waals surface area contributed by atoms with Crippen LogP contribution in [-0.2, 0) is 22.5 Å². The first-order chi connectivity index (χ1) is 18.4. The van der Waals surface area contributed by atoms with Crippen LogP contribution >= 0.6 is 0 Å². The van der Waals surface area contributed by atoms with E-state index in [1.165, 1.54) is 11.0 Å². The molecule has 0 heterocycles. The van der Waals surface area contributed by atoms with E-state index in [9.17, 15) is 14.4 Å². The van der Waals surface area contributed by atoms with Crippen LogP contribution in [0.5, 0.6) is 0 Å². The summed E-state index contributed by atoms with van der Waals surface area (Å²) < 4.78 is 10.3. The van der Waals surface area contributed by atoms with Crippen LogP contribution in [0, 0.1) is 0 Å². The summed E-state index contributed by atoms with van der Waals surface area (Å²) in [5, 5.41) is 12.3. The molecule has 0 aliphatic heterocycles. The normalized spacial score (nSPS) is 10.8. The minimum Gasteiger partial charge on any atom is -0.444 e. The molecule has 0 bridgehead atoms. The zero-order chi connectivity index (χ0) is 27.3. The number of benzene rings is 3. The molecule has 0 aliphatic carbocycles. The van der Waals surface area contributed by atoms with Crippen molar-refractivity contribution in [2.45, 2.75) is 20.0 Å². The van der Waals surface area contributed by atoms with Crippen molar-refractivity contribution in [1.82, 2.24) is 4.90 Å². The van der Waals surface area contributed by atoms with E-state index in [1.54, 1.807) is 55.5 Å². The summed E-state index contributed by atoms with van der Waals surface area (Å²) in [4.78, 5) is 41.3. The smallest absolute Gasteiger partial charge is 0.428 e. The van der Waals surface area contributed by atoms with Gasteiger partial charge in [-0.05, 0) is 42.2 Å². The number of carbonyl (C=O) groups is 3. The standard InChI is InChI=1S/C29H29N3O6/c1-3-20-37-28(34)32(29(35)38-21-24-12-8-5-9-13-24)27(33)31(19-18-23-10-6-4-7-11-23)26-16-14-25(15-17-26)22(2)30-36/h3-17,36H,1,18-21H2,2H3. The fourth-order valence-corrected chi connectivity index (χ4v) is 3.49. The quantitative estimate of drug-likeness (QED) is 0.162. The maximum atomic E-state index is 13.8. The number of nitrogens with zero attached hydrogens (tertiary/aromatic N) is 3. The molecule has 9 nitrogen and oxygen atoms in total. The summed E-state index contributed by atoms with van der Waals surface area (Å²) in [6, 6.07) is 24.0. The summed E-state index contributed by atoms with van der Waals surface area (Å²) >= 11 is 0. The molecular weight excluding hydrogens is 486 g/mol. The Bertz CT molecular complexity index is 1260. The highest BCUT2D eigenvalue weighted by Crippen LogP contribution is 2.20. The molecule has 0 fully saturated rings. The van der Waals surface area contributed by atoms with Crippen molar-refractivity contribution in [1.29, 1.82) is 0 Å². The second-order valence-corrected chi connectivity index (χ2v) is 8.14. The Morgan fingerprint density at radius 3 is 2.03 bits per heavy atom. The molecule has 9 heteroatoms. The number of amides is 4. The minimum absolute atomic E-state index is 0.142. The number of imide groups is 3. The Hall–Kier alpha value is -4.92. The van der Waals surface area contributed by atoms with Gasteiger partial charge in [0.1, 0.15) is 13.2 Å². The van der Waals surface area contributed by atoms with Crippen molar-refractivity contribution in [3.8, 4) is 0 Å². The number of hydrogen-bond donors (Lipinski definition) is 1. The predicted molar refractivity (Wildman–Crippen MR) is 143 cm³/mol. The predicted octanol–water partition coefficient (Wildman–Crippen LogP) is 6.02. The van der Waals surface area contributed by atoms with E-state index in [-0.39, 0.29) is 19.8 Å². The summed E-state index contributed by atoms with van der Waals surface area (Å²) in [6.45, 7) is 4.93. The minimum atomic E-state index is -1.18. The molecule has 0 saturated carbocycles. The van der Waals surface area contributed by atoms with Crippen molar-refractivity contribution in [3.05, 3.63) is 114 Å². The van der Waals surface area contributed by atoms with Gasteiger partial charge < -0.3 is 14.7 Å². The molecule has 4 amide bonds. The van der Waals surface area contributed by atoms with Crippen LogP contribution in [0.3, 0.4) is 0 Å². The highest BCUT2D eigenvalue weighted by atomic mass is 16.6. The van der Waals surface area contributed by atoms with Crippen LogP contribution in [0.15, 0.2) is 103 Å². The average molecular weight is 516 g/mol. The van der Waals surface area contributed by atoms with Gasteiger partial charge in [0.05, 0.1) is 5.71 Å². The van der Waals surface area contributed by atoms with Crippen molar-refractivity contribution in [2.24, 2.45) is 5.16 Å². The molecule has 3 aromatic carbocycles. The van der Waals surface area contributed by atoms with E-state index in [4.69, 9.17) is 14.7 Å². The van der Waals surface area contributed by atoms with Gasteiger partial charge in [0.2, 0.25) is 0 Å². The molecule has 196 valence electrons. The number of oxime groups is 1. The van der Waals surface area contributed by atoms with E-state index >= 15 is 0 Å². The average Bonchev–Trinajstić information content (AvgIpc) is 2.96. The van der Waals surface area contributed by atoms with Crippen LogP contribution in [0.2, 0.25) is 0 Å². The molecule has 0 aromatic heterocycles. The van der Waals surface area contributed by atoms with Crippen LogP contribution in [-0.4, -0.2) is 47.2 Å². The number of anilines is 1. The molecule has 0 atom stereocenters. The van der Waals surface area contributed by atoms with Gasteiger partial charge in [0.25, 0.3) is 0 Å². The van der Waals surface area contributed by atoms with E-state index in [0.717, 1.165) is 5.56 Å². The second kappa shape index (κ2) is 14.0. The largest absolute Gasteiger partial charge is 0.444 e. The SMILES string of the molecule is C=CCOC(=O)N(C(=O)OCc1ccccc1)C(=O)N(CCc1ccccc1)c1ccc(C(C)=NO)cc1. The lowest BCUT2D eigenvalue weighted by Crippen LogP contribution is -2.50. The maximum absolute atomic E-state index is 13.8. The molecule has 0 spiro atoms. The molecule has 0 saturated heterocycles. The first-order valence-corrected chi connectivity index (χ1v) is 11.9. The molecule has 0 unspecified atom stereocenters. The Morgan fingerprint density at radius 1 is 0.868 bits per heavy atom. The number of carbonyl (C=O) groups excluding carboxylic acids is 3. The van der Waals surface area contributed by atoms with Crippen molar-refractivity contribution < 1.29 is 29.1 Å². The van der Waals surface area contributed by atoms with Gasteiger partial charge in [-0.3, -0.25) is 4.90 Å². The zero-order valence-electron chi connectivity index (χ0n) is 21.0. The molecule has 3 aromatic rings. The number of ether oxygens (including phenoxy) is 2. The van der Waals surface area contributed by atoms with Crippen molar-refractivity contribution >= 4 is 29.6 Å². The summed E-state index contributed by atoms with van der Waals surface area (Å²) in [5.41, 5.74) is 3.08. The molecule has 38 heavy (non-hydrogen) atoms. The van der Waals surface area contributed by atoms with Crippen LogP contribution in [0.1, 0.15) is 23.6 Å². The molecule has 0 radical (unpaired) electrons. The maximum Gasteiger partial charge on any atom is 0.428 e. The Balaban J connectivity index is 1.91. The van der Waals surface area contributed by atoms with Gasteiger partial charge in [-0.2, -0.15) is 0 Å². The van der Waals surface area contributed by atoms with E-state index < -0.39 is 18.2 Å². The van der Waals surface area contributed by atoms with Gasteiger partial charge in [-0.25, -0.2) is 14.4 Å². The summed E-state index contributed by atoms with van der Waals surface area (Å²) in [7, 11) is 0. The van der Waals surface area contributed by atoms with Gasteiger partial charge in [0, 0.05) is 12.2 Å². The molecular formula is C29H29N3O6. The Morgan fingerprint density at radius 2 is 1.45 bits per heavy atom. The van der Waals surface area contributed by atoms with E-state index in [2.05, 4.69) is 11.7 Å². The lowest BCUT2D eigenvalue weighted by molar-refractivity contribution is 0.0874. The van der Waals surface area contributed by atoms with Gasteiger partial charge in [-0.1, -0.05) is 90.6 Å². The first kappa shape index (κ1) is 27.7. The van der Waals surface area contributed by atoms with Crippen LogP contribution in [0.4, 0.5) is 20.1 Å². The molecule has 0 aliphatic rings. The van der Waals surface area contributed by atoms with E-state index in [0.29, 0.717) is 33.8 Å². The van der Waals surface area contributed by atoms with Gasteiger partial charge >= 0.3 is 18.2 Å². The third-order valence-corrected chi connectivity index (χ3v) is 5.53. The molecule has 1 N–H and O–H groups in total. The third-order valence-electron chi connectivity index (χ3n) is 5.53. The highest BCUT2D eigenvalue weighted by molar-refractivity contribution is 6.11. The first-order valence-electron chi connectivity index (χ1n) is 11.9. The third kappa shape index (κ3) is 7.54. The zero-order valence-corrected chi connectivity index (χ0v) is 21.0. The second-order valence-electron chi connectivity index (χ2n) is 8.14. The number of rotatable bonds is 9. The fraction of sp³-hybridized carbons (Fsp3) is 0.172. The Labute approximate surface area is 221 Å².